The summed E-state index contributed by atoms with van der Waals surface area (Å²) >= 11 is 0. The second-order valence-electron chi connectivity index (χ2n) is 7.52. The van der Waals surface area contributed by atoms with Crippen LogP contribution >= 0.6 is 0 Å². The molecular weight excluding hydrogens is 324 g/mol. The number of nitrogens with one attached hydrogen (secondary N) is 2. The molecule has 1 amide bonds. The van der Waals surface area contributed by atoms with Gasteiger partial charge in [0.25, 0.3) is 5.91 Å². The van der Waals surface area contributed by atoms with Gasteiger partial charge in [0.15, 0.2) is 5.69 Å². The Morgan fingerprint density at radius 3 is 3.12 bits per heavy atom. The molecule has 134 valence electrons. The van der Waals surface area contributed by atoms with E-state index >= 15 is 0 Å². The zero-order chi connectivity index (χ0) is 17.7. The quantitative estimate of drug-likeness (QED) is 0.761. The first-order valence-electron chi connectivity index (χ1n) is 9.68. The summed E-state index contributed by atoms with van der Waals surface area (Å²) in [6.07, 6.45) is 6.33. The Hall–Kier alpha value is -2.56. The molecule has 0 saturated carbocycles. The van der Waals surface area contributed by atoms with Crippen LogP contribution in [0, 0.1) is 6.92 Å². The number of carbonyl (C=O) groups excluding carboxylic acids is 1. The number of para-hydroxylation sites is 1. The van der Waals surface area contributed by atoms with Crippen molar-refractivity contribution < 1.29 is 4.79 Å². The van der Waals surface area contributed by atoms with Gasteiger partial charge in [0.1, 0.15) is 0 Å². The molecule has 2 aromatic heterocycles. The van der Waals surface area contributed by atoms with E-state index in [0.717, 1.165) is 43.5 Å². The first-order valence-corrected chi connectivity index (χ1v) is 9.68. The Morgan fingerprint density at radius 1 is 1.27 bits per heavy atom. The van der Waals surface area contributed by atoms with E-state index in [1.54, 1.807) is 0 Å². The van der Waals surface area contributed by atoms with Gasteiger partial charge in [-0.15, -0.1) is 0 Å². The zero-order valence-electron chi connectivity index (χ0n) is 15.2. The van der Waals surface area contributed by atoms with E-state index in [1.807, 2.05) is 0 Å². The van der Waals surface area contributed by atoms with Gasteiger partial charge in [0.05, 0.1) is 5.52 Å². The Bertz CT molecular complexity index is 1010. The minimum absolute atomic E-state index is 0.0456. The van der Waals surface area contributed by atoms with Crippen molar-refractivity contribution in [2.24, 2.45) is 0 Å². The van der Waals surface area contributed by atoms with Gasteiger partial charge >= 0.3 is 0 Å². The number of benzene rings is 1. The predicted molar refractivity (Wildman–Crippen MR) is 102 cm³/mol. The topological polar surface area (TPSA) is 62.7 Å². The Labute approximate surface area is 152 Å². The maximum Gasteiger partial charge on any atom is 0.272 e. The first-order chi connectivity index (χ1) is 12.7. The van der Waals surface area contributed by atoms with E-state index in [0.29, 0.717) is 12.2 Å². The molecule has 5 heteroatoms. The summed E-state index contributed by atoms with van der Waals surface area (Å²) in [5.41, 5.74) is 8.43. The molecule has 1 aliphatic heterocycles. The molecule has 5 rings (SSSR count). The van der Waals surface area contributed by atoms with Crippen LogP contribution < -0.4 is 5.32 Å². The molecule has 0 spiro atoms. The molecule has 0 fully saturated rings. The maximum atomic E-state index is 12.5. The predicted octanol–water partition coefficient (Wildman–Crippen LogP) is 3.08. The molecule has 0 radical (unpaired) electrons. The fourth-order valence-electron chi connectivity index (χ4n) is 4.80. The lowest BCUT2D eigenvalue weighted by Crippen LogP contribution is -2.27. The molecule has 5 nitrogen and oxygen atoms in total. The molecule has 0 unspecified atom stereocenters. The molecule has 26 heavy (non-hydrogen) atoms. The standard InChI is InChI=1S/C21H24N4O/c1-13-15(16-7-2-5-14-6-4-12-25(13)20(14)16)10-11-22-21(26)19-17-8-3-9-18(17)23-24-19/h2,5,7H,3-4,6,8-12H2,1H3,(H,22,26)(H,23,24). The summed E-state index contributed by atoms with van der Waals surface area (Å²) in [5.74, 6) is -0.0456. The monoisotopic (exact) mass is 348 g/mol. The number of H-pyrrole nitrogens is 1. The van der Waals surface area contributed by atoms with Gasteiger partial charge in [-0.25, -0.2) is 0 Å². The molecule has 3 heterocycles. The SMILES string of the molecule is Cc1c(CCNC(=O)c2n[nH]c3c2CCC3)c2cccc3c2n1CCC3. The van der Waals surface area contributed by atoms with Gasteiger partial charge in [0, 0.05) is 35.4 Å². The Morgan fingerprint density at radius 2 is 2.19 bits per heavy atom. The van der Waals surface area contributed by atoms with Crippen LogP contribution in [0.1, 0.15) is 51.4 Å². The van der Waals surface area contributed by atoms with E-state index in [4.69, 9.17) is 0 Å². The number of hydrogen-bond acceptors (Lipinski definition) is 2. The van der Waals surface area contributed by atoms with E-state index in [-0.39, 0.29) is 5.91 Å². The highest BCUT2D eigenvalue weighted by Gasteiger charge is 2.23. The molecule has 0 atom stereocenters. The molecule has 1 aromatic carbocycles. The molecule has 0 bridgehead atoms. The largest absolute Gasteiger partial charge is 0.350 e. The number of hydrogen-bond donors (Lipinski definition) is 2. The van der Waals surface area contributed by atoms with E-state index in [2.05, 4.69) is 45.2 Å². The number of nitrogens with zero attached hydrogens (tertiary/aromatic N) is 2. The number of aromatic amines is 1. The van der Waals surface area contributed by atoms with E-state index in [9.17, 15) is 4.79 Å². The van der Waals surface area contributed by atoms with Crippen molar-refractivity contribution in [3.05, 3.63) is 52.0 Å². The summed E-state index contributed by atoms with van der Waals surface area (Å²) < 4.78 is 2.46. The fraction of sp³-hybridized carbons (Fsp3) is 0.429. The third-order valence-electron chi connectivity index (χ3n) is 6.07. The molecule has 3 aromatic rings. The van der Waals surface area contributed by atoms with Gasteiger partial charge in [-0.3, -0.25) is 9.89 Å². The van der Waals surface area contributed by atoms with Crippen molar-refractivity contribution in [3.8, 4) is 0 Å². The Balaban J connectivity index is 1.35. The van der Waals surface area contributed by atoms with Crippen LogP contribution in [0.3, 0.4) is 0 Å². The van der Waals surface area contributed by atoms with E-state index < -0.39 is 0 Å². The third kappa shape index (κ3) is 2.30. The molecular formula is C21H24N4O. The van der Waals surface area contributed by atoms with Crippen LogP contribution in [0.15, 0.2) is 18.2 Å². The molecule has 1 aliphatic carbocycles. The van der Waals surface area contributed by atoms with E-state index in [1.165, 1.54) is 40.6 Å². The van der Waals surface area contributed by atoms with Crippen molar-refractivity contribution in [1.29, 1.82) is 0 Å². The lowest BCUT2D eigenvalue weighted by atomic mass is 10.0. The van der Waals surface area contributed by atoms with Crippen molar-refractivity contribution >= 4 is 16.8 Å². The summed E-state index contributed by atoms with van der Waals surface area (Å²) in [5, 5.41) is 11.7. The number of aryl methyl sites for hydroxylation is 3. The number of amides is 1. The Kier molecular flexibility index (Phi) is 3.62. The zero-order valence-corrected chi connectivity index (χ0v) is 15.2. The van der Waals surface area contributed by atoms with Crippen LogP contribution in [-0.2, 0) is 32.2 Å². The molecule has 2 aliphatic rings. The van der Waals surface area contributed by atoms with Crippen LogP contribution in [-0.4, -0.2) is 27.2 Å². The molecule has 0 saturated heterocycles. The van der Waals surface area contributed by atoms with Gasteiger partial charge in [0.2, 0.25) is 0 Å². The third-order valence-corrected chi connectivity index (χ3v) is 6.07. The lowest BCUT2D eigenvalue weighted by molar-refractivity contribution is 0.0948. The summed E-state index contributed by atoms with van der Waals surface area (Å²) in [4.78, 5) is 12.5. The minimum atomic E-state index is -0.0456. The average Bonchev–Trinajstić information content (AvgIpc) is 3.33. The van der Waals surface area contributed by atoms with Crippen LogP contribution in [0.4, 0.5) is 0 Å². The second kappa shape index (κ2) is 6.01. The lowest BCUT2D eigenvalue weighted by Gasteiger charge is -2.16. The van der Waals surface area contributed by atoms with Crippen LogP contribution in [0.2, 0.25) is 0 Å². The normalized spacial score (nSPS) is 15.4. The average molecular weight is 348 g/mol. The summed E-state index contributed by atoms with van der Waals surface area (Å²) in [6, 6.07) is 6.65. The highest BCUT2D eigenvalue weighted by Crippen LogP contribution is 2.32. The van der Waals surface area contributed by atoms with Gasteiger partial charge in [-0.05, 0) is 56.6 Å². The highest BCUT2D eigenvalue weighted by atomic mass is 16.1. The number of aromatic nitrogens is 3. The summed E-state index contributed by atoms with van der Waals surface area (Å²) in [6.45, 7) is 3.96. The smallest absolute Gasteiger partial charge is 0.272 e. The highest BCUT2D eigenvalue weighted by molar-refractivity contribution is 5.94. The van der Waals surface area contributed by atoms with Gasteiger partial charge < -0.3 is 9.88 Å². The van der Waals surface area contributed by atoms with Crippen LogP contribution in [0.25, 0.3) is 10.9 Å². The van der Waals surface area contributed by atoms with Gasteiger partial charge in [-0.1, -0.05) is 18.2 Å². The fourth-order valence-corrected chi connectivity index (χ4v) is 4.80. The number of rotatable bonds is 4. The number of carbonyl (C=O) groups is 1. The molecule has 2 N–H and O–H groups in total. The first kappa shape index (κ1) is 15.7. The maximum absolute atomic E-state index is 12.5. The second-order valence-corrected chi connectivity index (χ2v) is 7.52. The van der Waals surface area contributed by atoms with Crippen molar-refractivity contribution in [1.82, 2.24) is 20.1 Å². The minimum Gasteiger partial charge on any atom is -0.350 e. The van der Waals surface area contributed by atoms with Gasteiger partial charge in [-0.2, -0.15) is 5.10 Å². The van der Waals surface area contributed by atoms with Crippen molar-refractivity contribution in [3.63, 3.8) is 0 Å². The van der Waals surface area contributed by atoms with Crippen molar-refractivity contribution in [2.45, 2.75) is 52.0 Å². The van der Waals surface area contributed by atoms with Crippen molar-refractivity contribution in [2.75, 3.05) is 6.54 Å². The van der Waals surface area contributed by atoms with Crippen LogP contribution in [0.5, 0.6) is 0 Å². The summed E-state index contributed by atoms with van der Waals surface area (Å²) in [7, 11) is 0. The number of fused-ring (bicyclic) bond motifs is 1.